The van der Waals surface area contributed by atoms with Gasteiger partial charge in [0.15, 0.2) is 0 Å². The van der Waals surface area contributed by atoms with Crippen LogP contribution in [0.5, 0.6) is 0 Å². The molecular formula is C17H31N3O2. The zero-order valence-electron chi connectivity index (χ0n) is 14.1. The van der Waals surface area contributed by atoms with Crippen molar-refractivity contribution in [3.05, 3.63) is 0 Å². The van der Waals surface area contributed by atoms with Gasteiger partial charge < -0.3 is 15.5 Å². The van der Waals surface area contributed by atoms with Crippen LogP contribution < -0.4 is 5.73 Å². The van der Waals surface area contributed by atoms with Gasteiger partial charge >= 0.3 is 0 Å². The van der Waals surface area contributed by atoms with Crippen molar-refractivity contribution in [2.24, 2.45) is 17.6 Å². The van der Waals surface area contributed by atoms with Crippen LogP contribution in [0.25, 0.3) is 0 Å². The van der Waals surface area contributed by atoms with Crippen molar-refractivity contribution in [2.45, 2.75) is 58.4 Å². The SMILES string of the molecule is CC(C)[C@H](N)C(=O)N1CCCN(C(=O)CC2CCCC2)CC1. The van der Waals surface area contributed by atoms with Gasteiger partial charge in [-0.05, 0) is 31.1 Å². The van der Waals surface area contributed by atoms with Gasteiger partial charge in [-0.3, -0.25) is 9.59 Å². The fraction of sp³-hybridized carbons (Fsp3) is 0.882. The fourth-order valence-electron chi connectivity index (χ4n) is 3.47. The molecule has 5 heteroatoms. The van der Waals surface area contributed by atoms with Crippen molar-refractivity contribution in [3.63, 3.8) is 0 Å². The van der Waals surface area contributed by atoms with Gasteiger partial charge in [-0.25, -0.2) is 0 Å². The van der Waals surface area contributed by atoms with Crippen LogP contribution in [0.1, 0.15) is 52.4 Å². The highest BCUT2D eigenvalue weighted by atomic mass is 16.2. The first-order valence-electron chi connectivity index (χ1n) is 8.81. The van der Waals surface area contributed by atoms with Crippen LogP contribution in [0.4, 0.5) is 0 Å². The number of rotatable bonds is 4. The van der Waals surface area contributed by atoms with Crippen molar-refractivity contribution < 1.29 is 9.59 Å². The van der Waals surface area contributed by atoms with Crippen molar-refractivity contribution in [3.8, 4) is 0 Å². The summed E-state index contributed by atoms with van der Waals surface area (Å²) in [7, 11) is 0. The maximum atomic E-state index is 12.4. The summed E-state index contributed by atoms with van der Waals surface area (Å²) in [6.45, 7) is 6.70. The second-order valence-electron chi connectivity index (χ2n) is 7.18. The van der Waals surface area contributed by atoms with Gasteiger partial charge in [0.05, 0.1) is 6.04 Å². The average molecular weight is 309 g/mol. The van der Waals surface area contributed by atoms with E-state index in [0.717, 1.165) is 13.0 Å². The molecule has 1 aliphatic carbocycles. The zero-order chi connectivity index (χ0) is 16.1. The predicted molar refractivity (Wildman–Crippen MR) is 87.2 cm³/mol. The Kier molecular flexibility index (Phi) is 6.24. The number of carbonyl (C=O) groups excluding carboxylic acids is 2. The largest absolute Gasteiger partial charge is 0.341 e. The summed E-state index contributed by atoms with van der Waals surface area (Å²) in [5.41, 5.74) is 5.97. The molecule has 2 aliphatic rings. The highest BCUT2D eigenvalue weighted by Crippen LogP contribution is 2.28. The Morgan fingerprint density at radius 1 is 1.00 bits per heavy atom. The Morgan fingerprint density at radius 3 is 2.23 bits per heavy atom. The van der Waals surface area contributed by atoms with Crippen LogP contribution in [0.3, 0.4) is 0 Å². The average Bonchev–Trinajstić information content (AvgIpc) is 2.87. The molecule has 5 nitrogen and oxygen atoms in total. The minimum atomic E-state index is -0.430. The first kappa shape index (κ1) is 17.3. The summed E-state index contributed by atoms with van der Waals surface area (Å²) in [6, 6.07) is -0.430. The molecule has 126 valence electrons. The van der Waals surface area contributed by atoms with E-state index in [1.165, 1.54) is 25.7 Å². The Bertz CT molecular complexity index is 391. The molecule has 0 radical (unpaired) electrons. The third-order valence-electron chi connectivity index (χ3n) is 5.10. The van der Waals surface area contributed by atoms with E-state index in [9.17, 15) is 9.59 Å². The number of hydrogen-bond donors (Lipinski definition) is 1. The van der Waals surface area contributed by atoms with Crippen LogP contribution in [0.2, 0.25) is 0 Å². The normalized spacial score (nSPS) is 22.0. The van der Waals surface area contributed by atoms with E-state index in [2.05, 4.69) is 0 Å². The molecule has 0 spiro atoms. The van der Waals surface area contributed by atoms with Crippen molar-refractivity contribution in [1.29, 1.82) is 0 Å². The first-order valence-corrected chi connectivity index (χ1v) is 8.81. The molecule has 1 atom stereocenters. The van der Waals surface area contributed by atoms with Gasteiger partial charge in [0.2, 0.25) is 11.8 Å². The summed E-state index contributed by atoms with van der Waals surface area (Å²) in [5.74, 6) is 1.04. The molecule has 1 saturated heterocycles. The van der Waals surface area contributed by atoms with E-state index in [-0.39, 0.29) is 17.7 Å². The number of amides is 2. The molecule has 0 bridgehead atoms. The minimum absolute atomic E-state index is 0.0279. The van der Waals surface area contributed by atoms with Crippen LogP contribution >= 0.6 is 0 Å². The molecule has 0 unspecified atom stereocenters. The highest BCUT2D eigenvalue weighted by molar-refractivity contribution is 5.82. The molecule has 0 aromatic carbocycles. The third kappa shape index (κ3) is 4.45. The molecule has 1 heterocycles. The third-order valence-corrected chi connectivity index (χ3v) is 5.10. The molecule has 2 amide bonds. The monoisotopic (exact) mass is 309 g/mol. The molecule has 0 aromatic rings. The van der Waals surface area contributed by atoms with Gasteiger partial charge in [-0.2, -0.15) is 0 Å². The van der Waals surface area contributed by atoms with E-state index in [1.807, 2.05) is 23.6 Å². The molecule has 1 aliphatic heterocycles. The molecule has 2 N–H and O–H groups in total. The van der Waals surface area contributed by atoms with Gasteiger partial charge in [0, 0.05) is 32.6 Å². The number of nitrogens with two attached hydrogens (primary N) is 1. The van der Waals surface area contributed by atoms with Crippen LogP contribution in [-0.2, 0) is 9.59 Å². The van der Waals surface area contributed by atoms with E-state index in [1.54, 1.807) is 0 Å². The topological polar surface area (TPSA) is 66.6 Å². The molecule has 1 saturated carbocycles. The van der Waals surface area contributed by atoms with Crippen LogP contribution in [-0.4, -0.2) is 53.8 Å². The smallest absolute Gasteiger partial charge is 0.239 e. The summed E-state index contributed by atoms with van der Waals surface area (Å²) >= 11 is 0. The summed E-state index contributed by atoms with van der Waals surface area (Å²) in [4.78, 5) is 28.6. The molecular weight excluding hydrogens is 278 g/mol. The summed E-state index contributed by atoms with van der Waals surface area (Å²) in [5, 5.41) is 0. The highest BCUT2D eigenvalue weighted by Gasteiger charge is 2.28. The molecule has 22 heavy (non-hydrogen) atoms. The number of hydrogen-bond acceptors (Lipinski definition) is 3. The lowest BCUT2D eigenvalue weighted by Gasteiger charge is -2.26. The molecule has 0 aromatic heterocycles. The Balaban J connectivity index is 1.83. The number of carbonyl (C=O) groups is 2. The van der Waals surface area contributed by atoms with Gasteiger partial charge in [-0.1, -0.05) is 26.7 Å². The Hall–Kier alpha value is -1.10. The number of nitrogens with zero attached hydrogens (tertiary/aromatic N) is 2. The van der Waals surface area contributed by atoms with Crippen molar-refractivity contribution >= 4 is 11.8 Å². The second-order valence-corrected chi connectivity index (χ2v) is 7.18. The lowest BCUT2D eigenvalue weighted by atomic mass is 10.0. The lowest BCUT2D eigenvalue weighted by Crippen LogP contribution is -2.47. The maximum Gasteiger partial charge on any atom is 0.239 e. The van der Waals surface area contributed by atoms with Crippen LogP contribution in [0.15, 0.2) is 0 Å². The summed E-state index contributed by atoms with van der Waals surface area (Å²) in [6.07, 6.45) is 6.49. The van der Waals surface area contributed by atoms with Crippen molar-refractivity contribution in [2.75, 3.05) is 26.2 Å². The maximum absolute atomic E-state index is 12.4. The van der Waals surface area contributed by atoms with E-state index >= 15 is 0 Å². The van der Waals surface area contributed by atoms with Gasteiger partial charge in [0.1, 0.15) is 0 Å². The van der Waals surface area contributed by atoms with Gasteiger partial charge in [-0.15, -0.1) is 0 Å². The van der Waals surface area contributed by atoms with Crippen LogP contribution in [0, 0.1) is 11.8 Å². The predicted octanol–water partition coefficient (Wildman–Crippen LogP) is 1.61. The van der Waals surface area contributed by atoms with E-state index < -0.39 is 6.04 Å². The quantitative estimate of drug-likeness (QED) is 0.858. The fourth-order valence-corrected chi connectivity index (χ4v) is 3.47. The van der Waals surface area contributed by atoms with Crippen molar-refractivity contribution in [1.82, 2.24) is 9.80 Å². The standard InChI is InChI=1S/C17H31N3O2/c1-13(2)16(18)17(22)20-9-5-8-19(10-11-20)15(21)12-14-6-3-4-7-14/h13-14,16H,3-12,18H2,1-2H3/t16-/m0/s1. The molecule has 2 rings (SSSR count). The minimum Gasteiger partial charge on any atom is -0.341 e. The molecule has 2 fully saturated rings. The Morgan fingerprint density at radius 2 is 1.59 bits per heavy atom. The Labute approximate surface area is 134 Å². The first-order chi connectivity index (χ1) is 10.5. The van der Waals surface area contributed by atoms with E-state index in [0.29, 0.717) is 32.0 Å². The zero-order valence-corrected chi connectivity index (χ0v) is 14.1. The van der Waals surface area contributed by atoms with E-state index in [4.69, 9.17) is 5.73 Å². The van der Waals surface area contributed by atoms with Gasteiger partial charge in [0.25, 0.3) is 0 Å². The lowest BCUT2D eigenvalue weighted by molar-refractivity contribution is -0.135. The summed E-state index contributed by atoms with van der Waals surface area (Å²) < 4.78 is 0. The second kappa shape index (κ2) is 7.95.